The van der Waals surface area contributed by atoms with Crippen molar-refractivity contribution < 1.29 is 15.0 Å². The number of amides is 1. The van der Waals surface area contributed by atoms with E-state index < -0.39 is 6.09 Å². The van der Waals surface area contributed by atoms with Gasteiger partial charge in [0, 0.05) is 12.6 Å². The molecule has 0 saturated carbocycles. The summed E-state index contributed by atoms with van der Waals surface area (Å²) in [6, 6.07) is 7.64. The number of aryl methyl sites for hydroxylation is 2. The summed E-state index contributed by atoms with van der Waals surface area (Å²) >= 11 is 0. The molecule has 1 amide bonds. The van der Waals surface area contributed by atoms with Crippen LogP contribution < -0.4 is 10.6 Å². The Morgan fingerprint density at radius 3 is 2.59 bits per heavy atom. The first-order chi connectivity index (χ1) is 10.5. The molecule has 7 heteroatoms. The van der Waals surface area contributed by atoms with Crippen molar-refractivity contribution in [2.75, 3.05) is 10.6 Å². The largest absolute Gasteiger partial charge is 0.465 e. The van der Waals surface area contributed by atoms with E-state index in [1.807, 2.05) is 26.0 Å². The maximum atomic E-state index is 10.6. The minimum atomic E-state index is -1.22. The molecule has 0 aliphatic rings. The molecular weight excluding hydrogens is 284 g/mol. The second kappa shape index (κ2) is 6.86. The van der Waals surface area contributed by atoms with Crippen LogP contribution in [0.5, 0.6) is 0 Å². The number of aliphatic hydroxyl groups excluding tert-OH is 1. The van der Waals surface area contributed by atoms with Gasteiger partial charge in [0.05, 0.1) is 12.3 Å². The van der Waals surface area contributed by atoms with Crippen LogP contribution in [-0.4, -0.2) is 26.5 Å². The van der Waals surface area contributed by atoms with Crippen molar-refractivity contribution in [1.82, 2.24) is 10.2 Å². The molecule has 116 valence electrons. The zero-order valence-electron chi connectivity index (χ0n) is 12.4. The summed E-state index contributed by atoms with van der Waals surface area (Å²) in [6.45, 7) is 4.34. The molecule has 0 aliphatic heterocycles. The van der Waals surface area contributed by atoms with Gasteiger partial charge in [-0.3, -0.25) is 5.32 Å². The molecule has 1 aromatic heterocycles. The minimum Gasteiger partial charge on any atom is -0.465 e. The van der Waals surface area contributed by atoms with Crippen LogP contribution in [0.1, 0.15) is 22.4 Å². The van der Waals surface area contributed by atoms with E-state index >= 15 is 0 Å². The van der Waals surface area contributed by atoms with Crippen molar-refractivity contribution >= 4 is 17.6 Å². The van der Waals surface area contributed by atoms with Crippen molar-refractivity contribution in [3.63, 3.8) is 0 Å². The standard InChI is InChI=1S/C15H18N4O3/c1-9-3-4-11(5-10(9)2)7-16-12-6-14(17-15(21)22)19-18-13(12)8-20/h3-6,20H,7-8H2,1-2H3,(H,21,22)(H2,16,17,19). The lowest BCUT2D eigenvalue weighted by molar-refractivity contribution is 0.209. The van der Waals surface area contributed by atoms with Gasteiger partial charge in [0.25, 0.3) is 0 Å². The number of nitrogens with one attached hydrogen (secondary N) is 2. The number of hydrogen-bond donors (Lipinski definition) is 4. The Labute approximate surface area is 128 Å². The summed E-state index contributed by atoms with van der Waals surface area (Å²) in [5.41, 5.74) is 4.40. The van der Waals surface area contributed by atoms with Crippen LogP contribution in [0.4, 0.5) is 16.3 Å². The average Bonchev–Trinajstić information content (AvgIpc) is 2.48. The van der Waals surface area contributed by atoms with Crippen LogP contribution in [0.25, 0.3) is 0 Å². The molecule has 2 aromatic rings. The van der Waals surface area contributed by atoms with Crippen LogP contribution in [0.3, 0.4) is 0 Å². The molecule has 0 aliphatic carbocycles. The molecule has 0 saturated heterocycles. The third-order valence-corrected chi connectivity index (χ3v) is 3.31. The Morgan fingerprint density at radius 1 is 1.18 bits per heavy atom. The highest BCUT2D eigenvalue weighted by Crippen LogP contribution is 2.18. The third kappa shape index (κ3) is 3.92. The first-order valence-corrected chi connectivity index (χ1v) is 6.77. The summed E-state index contributed by atoms with van der Waals surface area (Å²) in [5, 5.41) is 30.8. The van der Waals surface area contributed by atoms with E-state index in [-0.39, 0.29) is 12.4 Å². The molecular formula is C15H18N4O3. The van der Waals surface area contributed by atoms with E-state index in [0.29, 0.717) is 17.9 Å². The summed E-state index contributed by atoms with van der Waals surface area (Å²) in [7, 11) is 0. The van der Waals surface area contributed by atoms with E-state index in [4.69, 9.17) is 5.11 Å². The van der Waals surface area contributed by atoms with Gasteiger partial charge in [0.15, 0.2) is 5.82 Å². The van der Waals surface area contributed by atoms with Crippen molar-refractivity contribution in [3.8, 4) is 0 Å². The highest BCUT2D eigenvalue weighted by Gasteiger charge is 2.08. The smallest absolute Gasteiger partial charge is 0.410 e. The molecule has 4 N–H and O–H groups in total. The Bertz CT molecular complexity index is 688. The van der Waals surface area contributed by atoms with Gasteiger partial charge in [-0.2, -0.15) is 0 Å². The number of aliphatic hydroxyl groups is 1. The molecule has 0 spiro atoms. The predicted molar refractivity (Wildman–Crippen MR) is 82.8 cm³/mol. The number of aromatic nitrogens is 2. The lowest BCUT2D eigenvalue weighted by Crippen LogP contribution is -2.12. The maximum absolute atomic E-state index is 10.6. The van der Waals surface area contributed by atoms with Crippen molar-refractivity contribution in [2.24, 2.45) is 0 Å². The first-order valence-electron chi connectivity index (χ1n) is 6.77. The molecule has 1 aromatic carbocycles. The second-order valence-electron chi connectivity index (χ2n) is 4.95. The molecule has 0 fully saturated rings. The van der Waals surface area contributed by atoms with Crippen molar-refractivity contribution in [3.05, 3.63) is 46.6 Å². The normalized spacial score (nSPS) is 10.3. The van der Waals surface area contributed by atoms with E-state index in [0.717, 1.165) is 5.56 Å². The molecule has 0 bridgehead atoms. The number of anilines is 2. The van der Waals surface area contributed by atoms with E-state index in [1.165, 1.54) is 17.2 Å². The molecule has 0 radical (unpaired) electrons. The number of benzene rings is 1. The summed E-state index contributed by atoms with van der Waals surface area (Å²) in [4.78, 5) is 10.6. The molecule has 7 nitrogen and oxygen atoms in total. The number of nitrogens with zero attached hydrogens (tertiary/aromatic N) is 2. The molecule has 0 unspecified atom stereocenters. The highest BCUT2D eigenvalue weighted by molar-refractivity contribution is 5.82. The van der Waals surface area contributed by atoms with Crippen molar-refractivity contribution in [1.29, 1.82) is 0 Å². The number of carboxylic acid groups (broad SMARTS) is 1. The Balaban J connectivity index is 2.16. The lowest BCUT2D eigenvalue weighted by Gasteiger charge is -2.12. The zero-order valence-corrected chi connectivity index (χ0v) is 12.4. The fourth-order valence-electron chi connectivity index (χ4n) is 1.97. The van der Waals surface area contributed by atoms with Gasteiger partial charge in [-0.1, -0.05) is 18.2 Å². The first kappa shape index (κ1) is 15.7. The average molecular weight is 302 g/mol. The highest BCUT2D eigenvalue weighted by atomic mass is 16.4. The predicted octanol–water partition coefficient (Wildman–Crippen LogP) is 2.29. The van der Waals surface area contributed by atoms with Gasteiger partial charge in [-0.25, -0.2) is 4.79 Å². The van der Waals surface area contributed by atoms with E-state index in [2.05, 4.69) is 26.9 Å². The van der Waals surface area contributed by atoms with Gasteiger partial charge in [-0.05, 0) is 30.5 Å². The van der Waals surface area contributed by atoms with Gasteiger partial charge in [0.1, 0.15) is 5.69 Å². The number of carbonyl (C=O) groups is 1. The van der Waals surface area contributed by atoms with Crippen LogP contribution >= 0.6 is 0 Å². The third-order valence-electron chi connectivity index (χ3n) is 3.31. The maximum Gasteiger partial charge on any atom is 0.410 e. The lowest BCUT2D eigenvalue weighted by atomic mass is 10.1. The Morgan fingerprint density at radius 2 is 1.95 bits per heavy atom. The molecule has 1 heterocycles. The second-order valence-corrected chi connectivity index (χ2v) is 4.95. The Kier molecular flexibility index (Phi) is 4.90. The zero-order chi connectivity index (χ0) is 16.1. The molecule has 2 rings (SSSR count). The topological polar surface area (TPSA) is 107 Å². The minimum absolute atomic E-state index is 0.104. The van der Waals surface area contributed by atoms with Crippen LogP contribution in [0.15, 0.2) is 24.3 Å². The van der Waals surface area contributed by atoms with Crippen LogP contribution in [0.2, 0.25) is 0 Å². The molecule has 22 heavy (non-hydrogen) atoms. The quantitative estimate of drug-likeness (QED) is 0.675. The SMILES string of the molecule is Cc1ccc(CNc2cc(NC(=O)O)nnc2CO)cc1C. The van der Waals surface area contributed by atoms with Crippen LogP contribution in [0, 0.1) is 13.8 Å². The van der Waals surface area contributed by atoms with E-state index in [9.17, 15) is 9.90 Å². The Hall–Kier alpha value is -2.67. The van der Waals surface area contributed by atoms with Gasteiger partial charge < -0.3 is 15.5 Å². The number of hydrogen-bond acceptors (Lipinski definition) is 5. The van der Waals surface area contributed by atoms with Crippen LogP contribution in [-0.2, 0) is 13.2 Å². The van der Waals surface area contributed by atoms with E-state index in [1.54, 1.807) is 0 Å². The fraction of sp³-hybridized carbons (Fsp3) is 0.267. The summed E-state index contributed by atoms with van der Waals surface area (Å²) < 4.78 is 0. The van der Waals surface area contributed by atoms with Crippen molar-refractivity contribution in [2.45, 2.75) is 27.0 Å². The summed E-state index contributed by atoms with van der Waals surface area (Å²) in [5.74, 6) is 0.104. The van der Waals surface area contributed by atoms with Gasteiger partial charge in [0.2, 0.25) is 0 Å². The fourth-order valence-corrected chi connectivity index (χ4v) is 1.97. The number of rotatable bonds is 5. The van der Waals surface area contributed by atoms with Gasteiger partial charge in [-0.15, -0.1) is 10.2 Å². The molecule has 0 atom stereocenters. The van der Waals surface area contributed by atoms with Gasteiger partial charge >= 0.3 is 6.09 Å². The monoisotopic (exact) mass is 302 g/mol. The summed E-state index contributed by atoms with van der Waals surface area (Å²) in [6.07, 6.45) is -1.22.